The molecule has 0 rings (SSSR count). The molecule has 0 aliphatic carbocycles. The minimum atomic E-state index is -1.27. The Morgan fingerprint density at radius 2 is 1.72 bits per heavy atom. The number of nitrogens with one attached hydrogen (secondary N) is 1. The number of aliphatic carboxylic acids is 1. The van der Waals surface area contributed by atoms with E-state index >= 15 is 0 Å². The quantitative estimate of drug-likeness (QED) is 0.575. The van der Waals surface area contributed by atoms with Crippen LogP contribution in [0.5, 0.6) is 0 Å². The number of nitrogens with two attached hydrogens (primary N) is 1. The van der Waals surface area contributed by atoms with Crippen LogP contribution in [0.25, 0.3) is 0 Å². The van der Waals surface area contributed by atoms with E-state index in [1.165, 1.54) is 4.90 Å². The monoisotopic (exact) mass is 259 g/mol. The molecule has 0 aliphatic heterocycles. The third kappa shape index (κ3) is 6.07. The lowest BCUT2D eigenvalue weighted by atomic mass is 10.2. The first kappa shape index (κ1) is 16.2. The van der Waals surface area contributed by atoms with Crippen LogP contribution in [-0.2, 0) is 9.59 Å². The number of carboxylic acids is 1. The average molecular weight is 259 g/mol. The van der Waals surface area contributed by atoms with Gasteiger partial charge in [-0.25, -0.2) is 9.59 Å². The molecule has 0 aromatic carbocycles. The minimum absolute atomic E-state index is 0.410. The molecular formula is C11H21N3O4. The van der Waals surface area contributed by atoms with Gasteiger partial charge in [-0.1, -0.05) is 13.8 Å². The van der Waals surface area contributed by atoms with Gasteiger partial charge in [-0.3, -0.25) is 4.79 Å². The second kappa shape index (κ2) is 8.32. The van der Waals surface area contributed by atoms with Crippen molar-refractivity contribution in [1.82, 2.24) is 10.2 Å². The number of hydrogen-bond acceptors (Lipinski definition) is 3. The lowest BCUT2D eigenvalue weighted by Crippen LogP contribution is -2.49. The van der Waals surface area contributed by atoms with Crippen LogP contribution in [0.4, 0.5) is 4.79 Å². The van der Waals surface area contributed by atoms with Crippen molar-refractivity contribution in [2.75, 3.05) is 13.1 Å². The van der Waals surface area contributed by atoms with E-state index in [1.54, 1.807) is 0 Å². The van der Waals surface area contributed by atoms with Crippen molar-refractivity contribution in [2.45, 2.75) is 39.2 Å². The summed E-state index contributed by atoms with van der Waals surface area (Å²) in [5, 5.41) is 11.2. The Morgan fingerprint density at radius 1 is 1.22 bits per heavy atom. The fourth-order valence-corrected chi connectivity index (χ4v) is 1.50. The largest absolute Gasteiger partial charge is 0.480 e. The maximum atomic E-state index is 11.8. The normalized spacial score (nSPS) is 11.7. The van der Waals surface area contributed by atoms with Gasteiger partial charge in [-0.2, -0.15) is 0 Å². The van der Waals surface area contributed by atoms with Gasteiger partial charge < -0.3 is 21.1 Å². The van der Waals surface area contributed by atoms with Crippen LogP contribution in [-0.4, -0.2) is 47.0 Å². The molecule has 0 aliphatic rings. The fourth-order valence-electron chi connectivity index (χ4n) is 1.50. The molecule has 0 aromatic rings. The second-order valence-corrected chi connectivity index (χ2v) is 4.00. The fraction of sp³-hybridized carbons (Fsp3) is 0.727. The van der Waals surface area contributed by atoms with E-state index in [0.717, 1.165) is 12.8 Å². The summed E-state index contributed by atoms with van der Waals surface area (Å²) >= 11 is 0. The van der Waals surface area contributed by atoms with Crippen LogP contribution < -0.4 is 11.1 Å². The molecule has 1 atom stereocenters. The van der Waals surface area contributed by atoms with E-state index < -0.39 is 30.4 Å². The van der Waals surface area contributed by atoms with Crippen LogP contribution >= 0.6 is 0 Å². The lowest BCUT2D eigenvalue weighted by molar-refractivity contribution is -0.140. The van der Waals surface area contributed by atoms with Crippen molar-refractivity contribution < 1.29 is 19.5 Å². The highest BCUT2D eigenvalue weighted by molar-refractivity contribution is 5.87. The maximum absolute atomic E-state index is 11.8. The minimum Gasteiger partial charge on any atom is -0.480 e. The third-order valence-corrected chi connectivity index (χ3v) is 2.28. The Kier molecular flexibility index (Phi) is 7.50. The summed E-state index contributed by atoms with van der Waals surface area (Å²) in [5.74, 6) is -2.03. The summed E-state index contributed by atoms with van der Waals surface area (Å²) in [6, 6.07) is -1.75. The SMILES string of the molecule is CCCN(CCC)C(=O)NC(CC(N)=O)C(=O)O. The molecule has 3 amide bonds. The molecule has 18 heavy (non-hydrogen) atoms. The van der Waals surface area contributed by atoms with Crippen LogP contribution in [0.2, 0.25) is 0 Å². The molecule has 0 fully saturated rings. The summed E-state index contributed by atoms with van der Waals surface area (Å²) in [4.78, 5) is 34.9. The number of carbonyl (C=O) groups is 3. The van der Waals surface area contributed by atoms with Gasteiger partial charge in [0.1, 0.15) is 6.04 Å². The molecule has 104 valence electrons. The van der Waals surface area contributed by atoms with Crippen LogP contribution in [0.1, 0.15) is 33.1 Å². The average Bonchev–Trinajstić information content (AvgIpc) is 2.27. The summed E-state index contributed by atoms with van der Waals surface area (Å²) in [5.41, 5.74) is 4.93. The molecule has 1 unspecified atom stereocenters. The number of urea groups is 1. The summed E-state index contributed by atoms with van der Waals surface area (Å²) in [7, 11) is 0. The van der Waals surface area contributed by atoms with Crippen molar-refractivity contribution >= 4 is 17.9 Å². The Morgan fingerprint density at radius 3 is 2.06 bits per heavy atom. The Balaban J connectivity index is 4.54. The first-order valence-electron chi connectivity index (χ1n) is 5.98. The number of nitrogens with zero attached hydrogens (tertiary/aromatic N) is 1. The van der Waals surface area contributed by atoms with Crippen molar-refractivity contribution in [1.29, 1.82) is 0 Å². The Bertz CT molecular complexity index is 301. The second-order valence-electron chi connectivity index (χ2n) is 4.00. The summed E-state index contributed by atoms with van der Waals surface area (Å²) < 4.78 is 0. The van der Waals surface area contributed by atoms with Gasteiger partial charge in [-0.05, 0) is 12.8 Å². The highest BCUT2D eigenvalue weighted by Gasteiger charge is 2.24. The van der Waals surface area contributed by atoms with Gasteiger partial charge in [0.05, 0.1) is 6.42 Å². The van der Waals surface area contributed by atoms with Crippen molar-refractivity contribution in [2.24, 2.45) is 5.73 Å². The molecule has 7 heteroatoms. The zero-order chi connectivity index (χ0) is 14.1. The van der Waals surface area contributed by atoms with Crippen LogP contribution in [0.15, 0.2) is 0 Å². The van der Waals surface area contributed by atoms with E-state index in [9.17, 15) is 14.4 Å². The molecular weight excluding hydrogens is 238 g/mol. The standard InChI is InChI=1S/C11H21N3O4/c1-3-5-14(6-4-2)11(18)13-8(10(16)17)7-9(12)15/h8H,3-7H2,1-2H3,(H2,12,15)(H,13,18)(H,16,17). The molecule has 0 heterocycles. The molecule has 0 saturated heterocycles. The molecule has 0 radical (unpaired) electrons. The predicted molar refractivity (Wildman–Crippen MR) is 65.9 cm³/mol. The molecule has 0 spiro atoms. The number of carboxylic acid groups (broad SMARTS) is 1. The number of amides is 3. The van der Waals surface area contributed by atoms with Crippen LogP contribution in [0, 0.1) is 0 Å². The Labute approximate surface area is 106 Å². The smallest absolute Gasteiger partial charge is 0.326 e. The van der Waals surface area contributed by atoms with Gasteiger partial charge in [0, 0.05) is 13.1 Å². The summed E-state index contributed by atoms with van der Waals surface area (Å²) in [6.45, 7) is 4.94. The highest BCUT2D eigenvalue weighted by Crippen LogP contribution is 1.99. The van der Waals surface area contributed by atoms with E-state index in [2.05, 4.69) is 5.32 Å². The van der Waals surface area contributed by atoms with Gasteiger partial charge in [0.15, 0.2) is 0 Å². The number of carbonyl (C=O) groups excluding carboxylic acids is 2. The number of hydrogen-bond donors (Lipinski definition) is 3. The first-order valence-corrected chi connectivity index (χ1v) is 5.98. The van der Waals surface area contributed by atoms with E-state index in [-0.39, 0.29) is 0 Å². The first-order chi connectivity index (χ1) is 8.42. The summed E-state index contributed by atoms with van der Waals surface area (Å²) in [6.07, 6.45) is 1.15. The number of primary amides is 1. The van der Waals surface area contributed by atoms with Crippen molar-refractivity contribution in [3.8, 4) is 0 Å². The zero-order valence-corrected chi connectivity index (χ0v) is 10.8. The topological polar surface area (TPSA) is 113 Å². The molecule has 4 N–H and O–H groups in total. The highest BCUT2D eigenvalue weighted by atomic mass is 16.4. The zero-order valence-electron chi connectivity index (χ0n) is 10.8. The van der Waals surface area contributed by atoms with Crippen molar-refractivity contribution in [3.63, 3.8) is 0 Å². The molecule has 7 nitrogen and oxygen atoms in total. The van der Waals surface area contributed by atoms with Crippen molar-refractivity contribution in [3.05, 3.63) is 0 Å². The van der Waals surface area contributed by atoms with Gasteiger partial charge in [0.25, 0.3) is 0 Å². The third-order valence-electron chi connectivity index (χ3n) is 2.28. The van der Waals surface area contributed by atoms with E-state index in [0.29, 0.717) is 13.1 Å². The molecule has 0 bridgehead atoms. The molecule has 0 saturated carbocycles. The van der Waals surface area contributed by atoms with E-state index in [4.69, 9.17) is 10.8 Å². The van der Waals surface area contributed by atoms with Gasteiger partial charge >= 0.3 is 12.0 Å². The van der Waals surface area contributed by atoms with Gasteiger partial charge in [0.2, 0.25) is 5.91 Å². The van der Waals surface area contributed by atoms with Gasteiger partial charge in [-0.15, -0.1) is 0 Å². The van der Waals surface area contributed by atoms with E-state index in [1.807, 2.05) is 13.8 Å². The predicted octanol–water partition coefficient (Wildman–Crippen LogP) is 0.147. The maximum Gasteiger partial charge on any atom is 0.326 e. The molecule has 0 aromatic heterocycles. The number of rotatable bonds is 8. The van der Waals surface area contributed by atoms with Crippen LogP contribution in [0.3, 0.4) is 0 Å². The Hall–Kier alpha value is -1.79. The lowest BCUT2D eigenvalue weighted by Gasteiger charge is -2.24.